The predicted octanol–water partition coefficient (Wildman–Crippen LogP) is 4.65. The van der Waals surface area contributed by atoms with E-state index in [9.17, 15) is 13.6 Å². The van der Waals surface area contributed by atoms with Crippen molar-refractivity contribution in [3.8, 4) is 0 Å². The molecule has 0 saturated heterocycles. The third-order valence-electron chi connectivity index (χ3n) is 2.59. The summed E-state index contributed by atoms with van der Waals surface area (Å²) >= 11 is 0.409. The van der Waals surface area contributed by atoms with Gasteiger partial charge in [0.2, 0.25) is 5.91 Å². The SMILES string of the molecule is O=C(/C=C/c1ccccc1)Nc1ccccc1SC(F)F. The second-order valence-corrected chi connectivity index (χ2v) is 5.14. The molecule has 0 atom stereocenters. The van der Waals surface area contributed by atoms with Crippen molar-refractivity contribution in [2.24, 2.45) is 0 Å². The van der Waals surface area contributed by atoms with Gasteiger partial charge in [-0.25, -0.2) is 0 Å². The third-order valence-corrected chi connectivity index (χ3v) is 3.38. The van der Waals surface area contributed by atoms with Crippen LogP contribution < -0.4 is 5.32 Å². The van der Waals surface area contributed by atoms with Crippen LogP contribution in [0, 0.1) is 0 Å². The smallest absolute Gasteiger partial charge is 0.288 e. The molecule has 2 aromatic carbocycles. The summed E-state index contributed by atoms with van der Waals surface area (Å²) in [7, 11) is 0. The van der Waals surface area contributed by atoms with Crippen LogP contribution >= 0.6 is 11.8 Å². The first-order valence-corrected chi connectivity index (χ1v) is 7.11. The molecular formula is C16H13F2NOS. The highest BCUT2D eigenvalue weighted by Gasteiger charge is 2.10. The Morgan fingerprint density at radius 2 is 1.71 bits per heavy atom. The fraction of sp³-hybridized carbons (Fsp3) is 0.0625. The van der Waals surface area contributed by atoms with Crippen molar-refractivity contribution in [1.82, 2.24) is 0 Å². The number of thioether (sulfide) groups is 1. The molecule has 108 valence electrons. The molecule has 1 N–H and O–H groups in total. The Kier molecular flexibility index (Phi) is 5.51. The number of para-hydroxylation sites is 1. The topological polar surface area (TPSA) is 29.1 Å². The van der Waals surface area contributed by atoms with E-state index < -0.39 is 5.76 Å². The van der Waals surface area contributed by atoms with Crippen molar-refractivity contribution in [1.29, 1.82) is 0 Å². The van der Waals surface area contributed by atoms with Crippen LogP contribution in [0.3, 0.4) is 0 Å². The number of anilines is 1. The van der Waals surface area contributed by atoms with Gasteiger partial charge >= 0.3 is 0 Å². The number of amides is 1. The second kappa shape index (κ2) is 7.59. The molecule has 2 rings (SSSR count). The first-order chi connectivity index (χ1) is 10.1. The Hall–Kier alpha value is -2.14. The summed E-state index contributed by atoms with van der Waals surface area (Å²) in [6, 6.07) is 15.8. The van der Waals surface area contributed by atoms with Crippen molar-refractivity contribution in [2.75, 3.05) is 5.32 Å². The summed E-state index contributed by atoms with van der Waals surface area (Å²) < 4.78 is 24.9. The molecule has 0 unspecified atom stereocenters. The van der Waals surface area contributed by atoms with Crippen LogP contribution in [-0.2, 0) is 4.79 Å². The first kappa shape index (κ1) is 15.3. The van der Waals surface area contributed by atoms with E-state index in [4.69, 9.17) is 0 Å². The quantitative estimate of drug-likeness (QED) is 0.643. The van der Waals surface area contributed by atoms with Crippen molar-refractivity contribution >= 4 is 29.4 Å². The second-order valence-electron chi connectivity index (χ2n) is 4.11. The molecule has 0 heterocycles. The molecule has 0 fully saturated rings. The van der Waals surface area contributed by atoms with Crippen LogP contribution in [0.5, 0.6) is 0 Å². The maximum absolute atomic E-state index is 12.4. The number of nitrogens with one attached hydrogen (secondary N) is 1. The van der Waals surface area contributed by atoms with E-state index in [1.807, 2.05) is 30.3 Å². The molecule has 2 nitrogen and oxygen atoms in total. The van der Waals surface area contributed by atoms with Gasteiger partial charge in [-0.2, -0.15) is 8.78 Å². The van der Waals surface area contributed by atoms with Gasteiger partial charge in [0.05, 0.1) is 5.69 Å². The van der Waals surface area contributed by atoms with Gasteiger partial charge in [-0.1, -0.05) is 54.2 Å². The van der Waals surface area contributed by atoms with Gasteiger partial charge in [-0.3, -0.25) is 4.79 Å². The summed E-state index contributed by atoms with van der Waals surface area (Å²) in [5.74, 6) is -2.89. The zero-order chi connectivity index (χ0) is 15.1. The summed E-state index contributed by atoms with van der Waals surface area (Å²) in [4.78, 5) is 12.2. The van der Waals surface area contributed by atoms with E-state index >= 15 is 0 Å². The monoisotopic (exact) mass is 305 g/mol. The van der Waals surface area contributed by atoms with Gasteiger partial charge in [0, 0.05) is 11.0 Å². The van der Waals surface area contributed by atoms with Gasteiger partial charge in [0.25, 0.3) is 5.76 Å². The fourth-order valence-corrected chi connectivity index (χ4v) is 2.27. The Morgan fingerprint density at radius 1 is 1.05 bits per heavy atom. The van der Waals surface area contributed by atoms with Crippen LogP contribution in [0.15, 0.2) is 65.6 Å². The molecule has 5 heteroatoms. The molecule has 0 aromatic heterocycles. The zero-order valence-electron chi connectivity index (χ0n) is 11.0. The Balaban J connectivity index is 2.04. The van der Waals surface area contributed by atoms with Gasteiger partial charge in [-0.05, 0) is 23.8 Å². The van der Waals surface area contributed by atoms with E-state index in [1.165, 1.54) is 6.08 Å². The van der Waals surface area contributed by atoms with E-state index in [0.29, 0.717) is 22.3 Å². The summed E-state index contributed by atoms with van der Waals surface area (Å²) in [6.07, 6.45) is 3.04. The average Bonchev–Trinajstić information content (AvgIpc) is 2.48. The zero-order valence-corrected chi connectivity index (χ0v) is 11.8. The lowest BCUT2D eigenvalue weighted by atomic mass is 10.2. The lowest BCUT2D eigenvalue weighted by Crippen LogP contribution is -2.08. The van der Waals surface area contributed by atoms with Gasteiger partial charge in [0.15, 0.2) is 0 Å². The van der Waals surface area contributed by atoms with E-state index in [0.717, 1.165) is 5.56 Å². The Morgan fingerprint density at radius 3 is 2.43 bits per heavy atom. The highest BCUT2D eigenvalue weighted by Crippen LogP contribution is 2.31. The van der Waals surface area contributed by atoms with Gasteiger partial charge in [0.1, 0.15) is 0 Å². The van der Waals surface area contributed by atoms with Crippen molar-refractivity contribution in [2.45, 2.75) is 10.7 Å². The molecular weight excluding hydrogens is 292 g/mol. The largest absolute Gasteiger partial charge is 0.321 e. The number of alkyl halides is 2. The molecule has 0 spiro atoms. The summed E-state index contributed by atoms with van der Waals surface area (Å²) in [5, 5.41) is 2.61. The van der Waals surface area contributed by atoms with Crippen LogP contribution in [0.2, 0.25) is 0 Å². The predicted molar refractivity (Wildman–Crippen MR) is 82.4 cm³/mol. The lowest BCUT2D eigenvalue weighted by molar-refractivity contribution is -0.111. The van der Waals surface area contributed by atoms with Gasteiger partial charge in [-0.15, -0.1) is 0 Å². The van der Waals surface area contributed by atoms with Crippen LogP contribution in [0.1, 0.15) is 5.56 Å². The average molecular weight is 305 g/mol. The fourth-order valence-electron chi connectivity index (χ4n) is 1.68. The maximum atomic E-state index is 12.4. The van der Waals surface area contributed by atoms with Gasteiger partial charge < -0.3 is 5.32 Å². The number of benzene rings is 2. The molecule has 2 aromatic rings. The molecule has 0 bridgehead atoms. The molecule has 0 radical (unpaired) electrons. The number of rotatable bonds is 5. The van der Waals surface area contributed by atoms with E-state index in [1.54, 1.807) is 30.3 Å². The minimum absolute atomic E-state index is 0.342. The molecule has 0 aliphatic carbocycles. The van der Waals surface area contributed by atoms with E-state index in [-0.39, 0.29) is 5.91 Å². The maximum Gasteiger partial charge on any atom is 0.288 e. The van der Waals surface area contributed by atoms with Crippen LogP contribution in [0.25, 0.3) is 6.08 Å². The summed E-state index contributed by atoms with van der Waals surface area (Å²) in [5.41, 5.74) is 1.27. The molecule has 0 aliphatic heterocycles. The third kappa shape index (κ3) is 5.04. The lowest BCUT2D eigenvalue weighted by Gasteiger charge is -2.08. The standard InChI is InChI=1S/C16H13F2NOS/c17-16(18)21-14-9-5-4-8-13(14)19-15(20)11-10-12-6-2-1-3-7-12/h1-11,16H,(H,19,20)/b11-10+. The minimum Gasteiger partial charge on any atom is -0.321 e. The number of hydrogen-bond acceptors (Lipinski definition) is 2. The number of carbonyl (C=O) groups excluding carboxylic acids is 1. The number of hydrogen-bond donors (Lipinski definition) is 1. The normalized spacial score (nSPS) is 11.0. The summed E-state index contributed by atoms with van der Waals surface area (Å²) in [6.45, 7) is 0. The van der Waals surface area contributed by atoms with Crippen LogP contribution in [0.4, 0.5) is 14.5 Å². The first-order valence-electron chi connectivity index (χ1n) is 6.23. The van der Waals surface area contributed by atoms with Crippen molar-refractivity contribution in [3.63, 3.8) is 0 Å². The Labute approximate surface area is 125 Å². The van der Waals surface area contributed by atoms with Crippen molar-refractivity contribution in [3.05, 3.63) is 66.2 Å². The molecule has 0 saturated carbocycles. The van der Waals surface area contributed by atoms with Crippen LogP contribution in [-0.4, -0.2) is 11.7 Å². The molecule has 1 amide bonds. The number of halogens is 2. The number of carbonyl (C=O) groups is 1. The molecule has 0 aliphatic rings. The minimum atomic E-state index is -2.53. The van der Waals surface area contributed by atoms with E-state index in [2.05, 4.69) is 5.32 Å². The molecule has 21 heavy (non-hydrogen) atoms. The highest BCUT2D eigenvalue weighted by molar-refractivity contribution is 7.99. The van der Waals surface area contributed by atoms with Crippen molar-refractivity contribution < 1.29 is 13.6 Å². The highest BCUT2D eigenvalue weighted by atomic mass is 32.2. The Bertz CT molecular complexity index is 629.